The van der Waals surface area contributed by atoms with Gasteiger partial charge in [0.15, 0.2) is 17.0 Å². The normalized spacial score (nSPS) is 14.6. The summed E-state index contributed by atoms with van der Waals surface area (Å²) in [6.07, 6.45) is 3.57. The van der Waals surface area contributed by atoms with Crippen molar-refractivity contribution in [1.82, 2.24) is 24.5 Å². The van der Waals surface area contributed by atoms with E-state index < -0.39 is 0 Å². The van der Waals surface area contributed by atoms with E-state index in [-0.39, 0.29) is 0 Å². The molecule has 0 amide bonds. The summed E-state index contributed by atoms with van der Waals surface area (Å²) in [5.41, 5.74) is 8.54. The van der Waals surface area contributed by atoms with Crippen LogP contribution in [-0.2, 0) is 0 Å². The summed E-state index contributed by atoms with van der Waals surface area (Å²) in [6, 6.07) is 16.0. The highest BCUT2D eigenvalue weighted by Gasteiger charge is 2.22. The Hall–Kier alpha value is -3.68. The highest BCUT2D eigenvalue weighted by atomic mass is 15.3. The van der Waals surface area contributed by atoms with Crippen LogP contribution in [-0.4, -0.2) is 50.7 Å². The maximum absolute atomic E-state index is 6.20. The van der Waals surface area contributed by atoms with Gasteiger partial charge in [0.05, 0.1) is 0 Å². The summed E-state index contributed by atoms with van der Waals surface area (Å²) in [5, 5.41) is 0. The molecule has 1 aromatic carbocycles. The number of benzene rings is 1. The van der Waals surface area contributed by atoms with Crippen LogP contribution in [0.5, 0.6) is 0 Å². The Balaban J connectivity index is 1.44. The van der Waals surface area contributed by atoms with Crippen molar-refractivity contribution in [2.75, 3.05) is 41.7 Å². The third-order valence-electron chi connectivity index (χ3n) is 4.98. The Labute approximate surface area is 162 Å². The third kappa shape index (κ3) is 2.88. The minimum Gasteiger partial charge on any atom is -0.382 e. The van der Waals surface area contributed by atoms with Crippen LogP contribution in [0.25, 0.3) is 16.9 Å². The topological polar surface area (TPSA) is 89.0 Å². The number of aromatic nitrogens is 5. The molecule has 28 heavy (non-hydrogen) atoms. The van der Waals surface area contributed by atoms with Gasteiger partial charge in [-0.2, -0.15) is 9.97 Å². The van der Waals surface area contributed by atoms with Crippen LogP contribution >= 0.6 is 0 Å². The molecule has 0 aliphatic carbocycles. The van der Waals surface area contributed by atoms with Gasteiger partial charge in [-0.25, -0.2) is 9.97 Å². The molecular weight excluding hydrogens is 352 g/mol. The fraction of sp³-hybridized carbons (Fsp3) is 0.200. The minimum atomic E-state index is 0.404. The Morgan fingerprint density at radius 3 is 2.29 bits per heavy atom. The van der Waals surface area contributed by atoms with Gasteiger partial charge in [-0.15, -0.1) is 0 Å². The lowest BCUT2D eigenvalue weighted by Crippen LogP contribution is -2.47. The Kier molecular flexibility index (Phi) is 4.01. The highest BCUT2D eigenvalue weighted by molar-refractivity contribution is 5.84. The molecule has 0 bridgehead atoms. The molecule has 1 aliphatic heterocycles. The van der Waals surface area contributed by atoms with Gasteiger partial charge in [0.25, 0.3) is 0 Å². The van der Waals surface area contributed by atoms with Gasteiger partial charge >= 0.3 is 0 Å². The molecule has 1 aliphatic rings. The lowest BCUT2D eigenvalue weighted by atomic mass is 10.3. The summed E-state index contributed by atoms with van der Waals surface area (Å²) in [7, 11) is 0. The zero-order valence-electron chi connectivity index (χ0n) is 15.3. The van der Waals surface area contributed by atoms with Crippen molar-refractivity contribution in [3.8, 4) is 5.69 Å². The predicted molar refractivity (Wildman–Crippen MR) is 110 cm³/mol. The fourth-order valence-electron chi connectivity index (χ4n) is 3.51. The average Bonchev–Trinajstić information content (AvgIpc) is 3.20. The van der Waals surface area contributed by atoms with Gasteiger partial charge < -0.3 is 15.5 Å². The lowest BCUT2D eigenvalue weighted by molar-refractivity contribution is 0.636. The van der Waals surface area contributed by atoms with Gasteiger partial charge in [0.1, 0.15) is 12.1 Å². The number of pyridine rings is 1. The summed E-state index contributed by atoms with van der Waals surface area (Å²) < 4.78 is 1.95. The molecule has 1 saturated heterocycles. The number of fused-ring (bicyclic) bond motifs is 1. The Morgan fingerprint density at radius 1 is 0.786 bits per heavy atom. The number of para-hydroxylation sites is 1. The average molecular weight is 372 g/mol. The second kappa shape index (κ2) is 6.80. The summed E-state index contributed by atoms with van der Waals surface area (Å²) >= 11 is 0. The maximum atomic E-state index is 6.20. The van der Waals surface area contributed by atoms with Crippen LogP contribution in [0.4, 0.5) is 17.6 Å². The van der Waals surface area contributed by atoms with Crippen LogP contribution in [0.15, 0.2) is 61.1 Å². The largest absolute Gasteiger partial charge is 0.382 e. The molecule has 0 radical (unpaired) electrons. The van der Waals surface area contributed by atoms with Crippen molar-refractivity contribution in [2.24, 2.45) is 0 Å². The molecule has 0 unspecified atom stereocenters. The summed E-state index contributed by atoms with van der Waals surface area (Å²) in [5.74, 6) is 2.05. The van der Waals surface area contributed by atoms with Crippen LogP contribution in [0.1, 0.15) is 0 Å². The summed E-state index contributed by atoms with van der Waals surface area (Å²) in [6.45, 7) is 3.33. The molecule has 8 nitrogen and oxygen atoms in total. The highest BCUT2D eigenvalue weighted by Crippen LogP contribution is 2.24. The SMILES string of the molecule is Nc1nc(N2CCN(c3ccccn3)CC2)nc2c1ncn2-c1ccccc1. The van der Waals surface area contributed by atoms with Gasteiger partial charge in [-0.1, -0.05) is 24.3 Å². The zero-order valence-corrected chi connectivity index (χ0v) is 15.3. The molecule has 0 atom stereocenters. The number of anilines is 3. The number of hydrogen-bond donors (Lipinski definition) is 1. The van der Waals surface area contributed by atoms with E-state index in [4.69, 9.17) is 10.7 Å². The monoisotopic (exact) mass is 372 g/mol. The first kappa shape index (κ1) is 16.5. The molecule has 4 aromatic rings. The number of nitrogen functional groups attached to an aromatic ring is 1. The van der Waals surface area contributed by atoms with E-state index in [2.05, 4.69) is 24.8 Å². The van der Waals surface area contributed by atoms with Crippen LogP contribution < -0.4 is 15.5 Å². The maximum Gasteiger partial charge on any atom is 0.229 e. The van der Waals surface area contributed by atoms with Gasteiger partial charge in [-0.3, -0.25) is 4.57 Å². The van der Waals surface area contributed by atoms with Crippen LogP contribution in [0.3, 0.4) is 0 Å². The second-order valence-electron chi connectivity index (χ2n) is 6.69. The van der Waals surface area contributed by atoms with Crippen LogP contribution in [0, 0.1) is 0 Å². The number of nitrogens with two attached hydrogens (primary N) is 1. The summed E-state index contributed by atoms with van der Waals surface area (Å²) in [4.78, 5) is 22.6. The van der Waals surface area contributed by atoms with Gasteiger partial charge in [-0.05, 0) is 24.3 Å². The molecule has 140 valence electrons. The molecule has 3 aromatic heterocycles. The van der Waals surface area contributed by atoms with Crippen LogP contribution in [0.2, 0.25) is 0 Å². The van der Waals surface area contributed by atoms with Crippen molar-refractivity contribution in [2.45, 2.75) is 0 Å². The molecule has 0 spiro atoms. The van der Waals surface area contributed by atoms with E-state index >= 15 is 0 Å². The number of piperazine rings is 1. The van der Waals surface area contributed by atoms with Crippen molar-refractivity contribution >= 4 is 28.7 Å². The lowest BCUT2D eigenvalue weighted by Gasteiger charge is -2.35. The molecule has 5 rings (SSSR count). The smallest absolute Gasteiger partial charge is 0.229 e. The molecule has 8 heteroatoms. The molecular formula is C20H20N8. The van der Waals surface area contributed by atoms with E-state index in [9.17, 15) is 0 Å². The van der Waals surface area contributed by atoms with Crippen molar-refractivity contribution in [3.05, 3.63) is 61.1 Å². The van der Waals surface area contributed by atoms with E-state index in [0.29, 0.717) is 17.3 Å². The predicted octanol–water partition coefficient (Wildman–Crippen LogP) is 2.12. The first-order valence-corrected chi connectivity index (χ1v) is 9.26. The number of nitrogens with zero attached hydrogens (tertiary/aromatic N) is 7. The quantitative estimate of drug-likeness (QED) is 0.589. The van der Waals surface area contributed by atoms with Gasteiger partial charge in [0.2, 0.25) is 5.95 Å². The molecule has 0 saturated carbocycles. The first-order chi connectivity index (χ1) is 13.8. The molecule has 1 fully saturated rings. The van der Waals surface area contributed by atoms with E-state index in [1.807, 2.05) is 59.3 Å². The molecule has 4 heterocycles. The minimum absolute atomic E-state index is 0.404. The number of imidazole rings is 1. The van der Waals surface area contributed by atoms with Crippen molar-refractivity contribution in [1.29, 1.82) is 0 Å². The number of hydrogen-bond acceptors (Lipinski definition) is 7. The van der Waals surface area contributed by atoms with E-state index in [1.165, 1.54) is 0 Å². The van der Waals surface area contributed by atoms with E-state index in [0.717, 1.165) is 43.3 Å². The molecule has 2 N–H and O–H groups in total. The zero-order chi connectivity index (χ0) is 18.9. The third-order valence-corrected chi connectivity index (χ3v) is 4.98. The fourth-order valence-corrected chi connectivity index (χ4v) is 3.51. The second-order valence-corrected chi connectivity index (χ2v) is 6.69. The van der Waals surface area contributed by atoms with Crippen molar-refractivity contribution < 1.29 is 0 Å². The number of rotatable bonds is 3. The van der Waals surface area contributed by atoms with Crippen molar-refractivity contribution in [3.63, 3.8) is 0 Å². The first-order valence-electron chi connectivity index (χ1n) is 9.26. The Morgan fingerprint density at radius 2 is 1.54 bits per heavy atom. The standard InChI is InChI=1S/C20H20N8/c21-18-17-19(28(14-23-17)15-6-2-1-3-7-15)25-20(24-18)27-12-10-26(11-13-27)16-8-4-5-9-22-16/h1-9,14H,10-13H2,(H2,21,24,25). The Bertz CT molecular complexity index is 1090. The van der Waals surface area contributed by atoms with E-state index in [1.54, 1.807) is 6.33 Å². The van der Waals surface area contributed by atoms with Gasteiger partial charge in [0, 0.05) is 38.1 Å².